The zero-order valence-corrected chi connectivity index (χ0v) is 10.6. The highest BCUT2D eigenvalue weighted by atomic mass is 35.5. The number of nitrogens with one attached hydrogen (secondary N) is 1. The van der Waals surface area contributed by atoms with Gasteiger partial charge in [-0.1, -0.05) is 11.6 Å². The van der Waals surface area contributed by atoms with Crippen LogP contribution < -0.4 is 10.1 Å². The SMILES string of the molecule is COCC(CCO)Nc1ncnc(Cl)c1OC. The summed E-state index contributed by atoms with van der Waals surface area (Å²) in [5.74, 6) is 0.871. The summed E-state index contributed by atoms with van der Waals surface area (Å²) in [6.07, 6.45) is 1.88. The highest BCUT2D eigenvalue weighted by Crippen LogP contribution is 2.28. The van der Waals surface area contributed by atoms with Crippen molar-refractivity contribution in [1.82, 2.24) is 9.97 Å². The van der Waals surface area contributed by atoms with E-state index in [0.717, 1.165) is 0 Å². The van der Waals surface area contributed by atoms with E-state index in [-0.39, 0.29) is 17.8 Å². The molecule has 0 aromatic carbocycles. The molecule has 7 heteroatoms. The molecular weight excluding hydrogens is 246 g/mol. The van der Waals surface area contributed by atoms with Crippen LogP contribution in [0.4, 0.5) is 5.82 Å². The third-order valence-corrected chi connectivity index (χ3v) is 2.42. The maximum absolute atomic E-state index is 8.94. The Balaban J connectivity index is 2.80. The van der Waals surface area contributed by atoms with Crippen molar-refractivity contribution in [1.29, 1.82) is 0 Å². The minimum Gasteiger partial charge on any atom is -0.490 e. The maximum atomic E-state index is 8.94. The van der Waals surface area contributed by atoms with Crippen LogP contribution >= 0.6 is 11.6 Å². The van der Waals surface area contributed by atoms with Gasteiger partial charge < -0.3 is 19.9 Å². The lowest BCUT2D eigenvalue weighted by Gasteiger charge is -2.18. The third-order valence-electron chi connectivity index (χ3n) is 2.15. The minimum atomic E-state index is -0.0649. The molecule has 1 aromatic heterocycles. The molecule has 0 aliphatic rings. The second-order valence-corrected chi connectivity index (χ2v) is 3.71. The first-order chi connectivity index (χ1) is 8.22. The van der Waals surface area contributed by atoms with Crippen molar-refractivity contribution in [3.05, 3.63) is 11.5 Å². The van der Waals surface area contributed by atoms with Crippen molar-refractivity contribution >= 4 is 17.4 Å². The highest BCUT2D eigenvalue weighted by molar-refractivity contribution is 6.31. The number of hydrogen-bond acceptors (Lipinski definition) is 6. The molecule has 1 aromatic rings. The van der Waals surface area contributed by atoms with Gasteiger partial charge in [0.1, 0.15) is 6.33 Å². The molecule has 0 saturated carbocycles. The van der Waals surface area contributed by atoms with Crippen LogP contribution in [0.5, 0.6) is 5.75 Å². The fourth-order valence-electron chi connectivity index (χ4n) is 1.38. The maximum Gasteiger partial charge on any atom is 0.198 e. The Bertz CT molecular complexity index is 346. The standard InChI is InChI=1S/C10H16ClN3O3/c1-16-5-7(3-4-15)14-10-8(17-2)9(11)12-6-13-10/h6-7,15H,3-5H2,1-2H3,(H,12,13,14). The summed E-state index contributed by atoms with van der Waals surface area (Å²) in [5.41, 5.74) is 0. The lowest BCUT2D eigenvalue weighted by molar-refractivity contribution is 0.170. The normalized spacial score (nSPS) is 12.2. The van der Waals surface area contributed by atoms with Gasteiger partial charge in [0.25, 0.3) is 0 Å². The van der Waals surface area contributed by atoms with E-state index in [2.05, 4.69) is 15.3 Å². The van der Waals surface area contributed by atoms with Gasteiger partial charge in [-0.2, -0.15) is 0 Å². The Morgan fingerprint density at radius 3 is 2.82 bits per heavy atom. The number of rotatable bonds is 7. The van der Waals surface area contributed by atoms with Gasteiger partial charge in [-0.15, -0.1) is 0 Å². The minimum absolute atomic E-state index is 0.0577. The molecular formula is C10H16ClN3O3. The second-order valence-electron chi connectivity index (χ2n) is 3.36. The largest absolute Gasteiger partial charge is 0.490 e. The van der Waals surface area contributed by atoms with Gasteiger partial charge in [0.05, 0.1) is 19.8 Å². The fourth-order valence-corrected chi connectivity index (χ4v) is 1.59. The number of nitrogens with zero attached hydrogens (tertiary/aromatic N) is 2. The number of methoxy groups -OCH3 is 2. The van der Waals surface area contributed by atoms with Crippen molar-refractivity contribution < 1.29 is 14.6 Å². The summed E-state index contributed by atoms with van der Waals surface area (Å²) < 4.78 is 10.2. The first-order valence-corrected chi connectivity index (χ1v) is 5.51. The van der Waals surface area contributed by atoms with E-state index in [4.69, 9.17) is 26.2 Å². The topological polar surface area (TPSA) is 76.5 Å². The lowest BCUT2D eigenvalue weighted by Crippen LogP contribution is -2.27. The number of ether oxygens (including phenoxy) is 2. The molecule has 0 fully saturated rings. The Kier molecular flexibility index (Phi) is 5.96. The van der Waals surface area contributed by atoms with Crippen molar-refractivity contribution in [2.75, 3.05) is 32.8 Å². The number of hydrogen-bond donors (Lipinski definition) is 2. The second kappa shape index (κ2) is 7.26. The molecule has 0 spiro atoms. The van der Waals surface area contributed by atoms with Crippen LogP contribution in [0.3, 0.4) is 0 Å². The number of anilines is 1. The predicted octanol–water partition coefficient (Wildman–Crippen LogP) is 0.948. The van der Waals surface area contributed by atoms with Gasteiger partial charge in [0.15, 0.2) is 16.7 Å². The summed E-state index contributed by atoms with van der Waals surface area (Å²) >= 11 is 5.87. The molecule has 1 heterocycles. The van der Waals surface area contributed by atoms with Crippen molar-refractivity contribution in [2.24, 2.45) is 0 Å². The van der Waals surface area contributed by atoms with E-state index in [9.17, 15) is 0 Å². The molecule has 17 heavy (non-hydrogen) atoms. The van der Waals surface area contributed by atoms with Crippen molar-refractivity contribution in [2.45, 2.75) is 12.5 Å². The molecule has 0 bridgehead atoms. The summed E-state index contributed by atoms with van der Waals surface area (Å²) in [6.45, 7) is 0.507. The quantitative estimate of drug-likeness (QED) is 0.712. The Morgan fingerprint density at radius 2 is 2.24 bits per heavy atom. The van der Waals surface area contributed by atoms with Crippen LogP contribution in [-0.4, -0.2) is 48.5 Å². The van der Waals surface area contributed by atoms with Crippen LogP contribution in [0, 0.1) is 0 Å². The number of halogens is 1. The van der Waals surface area contributed by atoms with E-state index >= 15 is 0 Å². The van der Waals surface area contributed by atoms with Crippen LogP contribution in [0.15, 0.2) is 6.33 Å². The van der Waals surface area contributed by atoms with Crippen LogP contribution in [0.2, 0.25) is 5.15 Å². The first kappa shape index (κ1) is 14.0. The van der Waals surface area contributed by atoms with Crippen LogP contribution in [0.1, 0.15) is 6.42 Å². The molecule has 0 aliphatic carbocycles. The van der Waals surface area contributed by atoms with Crippen molar-refractivity contribution in [3.8, 4) is 5.75 Å². The third kappa shape index (κ3) is 3.99. The molecule has 96 valence electrons. The van der Waals surface area contributed by atoms with Crippen LogP contribution in [0.25, 0.3) is 0 Å². The van der Waals surface area contributed by atoms with E-state index < -0.39 is 0 Å². The molecule has 2 N–H and O–H groups in total. The predicted molar refractivity (Wildman–Crippen MR) is 64.6 cm³/mol. The molecule has 1 rings (SSSR count). The van der Waals surface area contributed by atoms with Crippen LogP contribution in [-0.2, 0) is 4.74 Å². The molecule has 6 nitrogen and oxygen atoms in total. The van der Waals surface area contributed by atoms with E-state index in [1.807, 2.05) is 0 Å². The van der Waals surface area contributed by atoms with E-state index in [1.165, 1.54) is 13.4 Å². The zero-order valence-electron chi connectivity index (χ0n) is 9.81. The summed E-state index contributed by atoms with van der Waals surface area (Å²) in [7, 11) is 3.09. The Morgan fingerprint density at radius 1 is 1.47 bits per heavy atom. The molecule has 1 atom stereocenters. The number of aromatic nitrogens is 2. The van der Waals surface area contributed by atoms with E-state index in [0.29, 0.717) is 24.6 Å². The van der Waals surface area contributed by atoms with Gasteiger partial charge in [0, 0.05) is 13.7 Å². The van der Waals surface area contributed by atoms with Gasteiger partial charge in [0.2, 0.25) is 0 Å². The summed E-state index contributed by atoms with van der Waals surface area (Å²) in [5, 5.41) is 12.3. The molecule has 0 radical (unpaired) electrons. The Hall–Kier alpha value is -1.11. The lowest BCUT2D eigenvalue weighted by atomic mass is 10.2. The van der Waals surface area contributed by atoms with Gasteiger partial charge in [-0.25, -0.2) is 9.97 Å². The monoisotopic (exact) mass is 261 g/mol. The van der Waals surface area contributed by atoms with Gasteiger partial charge >= 0.3 is 0 Å². The molecule has 0 aliphatic heterocycles. The summed E-state index contributed by atoms with van der Waals surface area (Å²) in [6, 6.07) is -0.0649. The fraction of sp³-hybridized carbons (Fsp3) is 0.600. The molecule has 0 saturated heterocycles. The summed E-state index contributed by atoms with van der Waals surface area (Å²) in [4.78, 5) is 7.86. The Labute approximate surface area is 105 Å². The smallest absolute Gasteiger partial charge is 0.198 e. The average Bonchev–Trinajstić information content (AvgIpc) is 2.30. The van der Waals surface area contributed by atoms with Gasteiger partial charge in [-0.3, -0.25) is 0 Å². The zero-order chi connectivity index (χ0) is 12.7. The van der Waals surface area contributed by atoms with Crippen molar-refractivity contribution in [3.63, 3.8) is 0 Å². The van der Waals surface area contributed by atoms with E-state index in [1.54, 1.807) is 7.11 Å². The number of aliphatic hydroxyl groups is 1. The highest BCUT2D eigenvalue weighted by Gasteiger charge is 2.14. The van der Waals surface area contributed by atoms with Gasteiger partial charge in [-0.05, 0) is 6.42 Å². The molecule has 0 amide bonds. The first-order valence-electron chi connectivity index (χ1n) is 5.13. The number of aliphatic hydroxyl groups excluding tert-OH is 1. The average molecular weight is 262 g/mol. The molecule has 1 unspecified atom stereocenters.